The van der Waals surface area contributed by atoms with Gasteiger partial charge in [-0.2, -0.15) is 5.10 Å². The van der Waals surface area contributed by atoms with Crippen molar-refractivity contribution in [3.63, 3.8) is 0 Å². The van der Waals surface area contributed by atoms with Gasteiger partial charge in [-0.1, -0.05) is 36.8 Å². The first-order valence-corrected chi connectivity index (χ1v) is 6.58. The van der Waals surface area contributed by atoms with Crippen molar-refractivity contribution in [2.45, 2.75) is 37.9 Å². The van der Waals surface area contributed by atoms with Gasteiger partial charge in [-0.05, 0) is 24.5 Å². The van der Waals surface area contributed by atoms with Crippen LogP contribution in [-0.2, 0) is 11.3 Å². The lowest BCUT2D eigenvalue weighted by Crippen LogP contribution is -2.17. The standard InChI is InChI=1S/C15H18N2O/c1-2-5-12(6-3-1)11-18-15-8-4-7-13(15)14-9-10-16-17-14/h1-3,5-6,9-10,13,15H,4,7-8,11H2,(H,16,17). The predicted octanol–water partition coefficient (Wildman–Crippen LogP) is 3.26. The number of hydrogen-bond donors (Lipinski definition) is 1. The molecule has 94 valence electrons. The highest BCUT2D eigenvalue weighted by molar-refractivity contribution is 5.14. The lowest BCUT2D eigenvalue weighted by Gasteiger charge is -2.19. The van der Waals surface area contributed by atoms with E-state index in [4.69, 9.17) is 4.74 Å². The van der Waals surface area contributed by atoms with E-state index >= 15 is 0 Å². The van der Waals surface area contributed by atoms with Gasteiger partial charge < -0.3 is 4.74 Å². The van der Waals surface area contributed by atoms with Gasteiger partial charge in [0.05, 0.1) is 12.7 Å². The zero-order valence-electron chi connectivity index (χ0n) is 10.4. The van der Waals surface area contributed by atoms with E-state index in [0.717, 1.165) is 6.42 Å². The molecule has 1 aliphatic carbocycles. The summed E-state index contributed by atoms with van der Waals surface area (Å²) in [5.74, 6) is 0.483. The Labute approximate surface area is 107 Å². The van der Waals surface area contributed by atoms with Crippen LogP contribution in [-0.4, -0.2) is 16.3 Å². The molecule has 0 bridgehead atoms. The van der Waals surface area contributed by atoms with Gasteiger partial charge in [-0.3, -0.25) is 5.10 Å². The molecular formula is C15H18N2O. The first-order valence-electron chi connectivity index (χ1n) is 6.58. The molecule has 1 aliphatic rings. The molecule has 2 unspecified atom stereocenters. The third-order valence-electron chi connectivity index (χ3n) is 3.68. The molecule has 18 heavy (non-hydrogen) atoms. The summed E-state index contributed by atoms with van der Waals surface area (Å²) in [5.41, 5.74) is 2.46. The monoisotopic (exact) mass is 242 g/mol. The molecule has 3 rings (SSSR count). The SMILES string of the molecule is c1ccc(COC2CCCC2c2ccn[nH]2)cc1. The number of nitrogens with one attached hydrogen (secondary N) is 1. The maximum Gasteiger partial charge on any atom is 0.0720 e. The summed E-state index contributed by atoms with van der Waals surface area (Å²) in [6, 6.07) is 12.4. The fourth-order valence-electron chi connectivity index (χ4n) is 2.73. The van der Waals surface area contributed by atoms with Crippen LogP contribution in [0.3, 0.4) is 0 Å². The molecule has 2 aromatic rings. The van der Waals surface area contributed by atoms with Crippen LogP contribution in [0.15, 0.2) is 42.6 Å². The largest absolute Gasteiger partial charge is 0.373 e. The molecule has 3 nitrogen and oxygen atoms in total. The molecule has 3 heteroatoms. The van der Waals surface area contributed by atoms with E-state index < -0.39 is 0 Å². The molecule has 0 aliphatic heterocycles. The van der Waals surface area contributed by atoms with Crippen molar-refractivity contribution < 1.29 is 4.74 Å². The molecule has 1 aromatic carbocycles. The molecule has 1 heterocycles. The van der Waals surface area contributed by atoms with Crippen LogP contribution >= 0.6 is 0 Å². The Balaban J connectivity index is 1.62. The fourth-order valence-corrected chi connectivity index (χ4v) is 2.73. The average Bonchev–Trinajstić information content (AvgIpc) is 3.08. The molecular weight excluding hydrogens is 224 g/mol. The average molecular weight is 242 g/mol. The minimum Gasteiger partial charge on any atom is -0.373 e. The van der Waals surface area contributed by atoms with Gasteiger partial charge in [0.2, 0.25) is 0 Å². The molecule has 1 saturated carbocycles. The topological polar surface area (TPSA) is 37.9 Å². The van der Waals surface area contributed by atoms with Crippen molar-refractivity contribution >= 4 is 0 Å². The van der Waals surface area contributed by atoms with Crippen molar-refractivity contribution in [3.8, 4) is 0 Å². The second-order valence-corrected chi connectivity index (χ2v) is 4.88. The number of aromatic amines is 1. The highest BCUT2D eigenvalue weighted by Gasteiger charge is 2.30. The van der Waals surface area contributed by atoms with Crippen LogP contribution in [0.4, 0.5) is 0 Å². The smallest absolute Gasteiger partial charge is 0.0720 e. The maximum absolute atomic E-state index is 6.08. The van der Waals surface area contributed by atoms with Crippen molar-refractivity contribution in [1.82, 2.24) is 10.2 Å². The van der Waals surface area contributed by atoms with E-state index in [1.54, 1.807) is 0 Å². The number of H-pyrrole nitrogens is 1. The second kappa shape index (κ2) is 5.36. The van der Waals surface area contributed by atoms with E-state index in [2.05, 4.69) is 40.5 Å². The summed E-state index contributed by atoms with van der Waals surface area (Å²) < 4.78 is 6.08. The molecule has 1 N–H and O–H groups in total. The normalized spacial score (nSPS) is 23.3. The lowest BCUT2D eigenvalue weighted by molar-refractivity contribution is 0.0335. The number of hydrogen-bond acceptors (Lipinski definition) is 2. The number of ether oxygens (including phenoxy) is 1. The zero-order valence-corrected chi connectivity index (χ0v) is 10.4. The van der Waals surface area contributed by atoms with E-state index in [0.29, 0.717) is 18.6 Å². The molecule has 1 aromatic heterocycles. The summed E-state index contributed by atoms with van der Waals surface area (Å²) in [7, 11) is 0. The molecule has 0 spiro atoms. The third-order valence-corrected chi connectivity index (χ3v) is 3.68. The van der Waals surface area contributed by atoms with Crippen molar-refractivity contribution in [2.75, 3.05) is 0 Å². The molecule has 2 atom stereocenters. The molecule has 0 amide bonds. The Kier molecular flexibility index (Phi) is 3.42. The Morgan fingerprint density at radius 3 is 2.83 bits per heavy atom. The summed E-state index contributed by atoms with van der Waals surface area (Å²) in [6.45, 7) is 0.705. The van der Waals surface area contributed by atoms with Gasteiger partial charge in [-0.15, -0.1) is 0 Å². The van der Waals surface area contributed by atoms with E-state index in [-0.39, 0.29) is 0 Å². The summed E-state index contributed by atoms with van der Waals surface area (Å²) in [4.78, 5) is 0. The number of benzene rings is 1. The highest BCUT2D eigenvalue weighted by atomic mass is 16.5. The van der Waals surface area contributed by atoms with Crippen LogP contribution in [0, 0.1) is 0 Å². The number of aromatic nitrogens is 2. The van der Waals surface area contributed by atoms with Crippen LogP contribution < -0.4 is 0 Å². The molecule has 0 saturated heterocycles. The van der Waals surface area contributed by atoms with Gasteiger partial charge >= 0.3 is 0 Å². The zero-order chi connectivity index (χ0) is 12.2. The Hall–Kier alpha value is -1.61. The molecule has 1 fully saturated rings. The van der Waals surface area contributed by atoms with Crippen LogP contribution in [0.5, 0.6) is 0 Å². The van der Waals surface area contributed by atoms with E-state index in [1.807, 2.05) is 12.3 Å². The van der Waals surface area contributed by atoms with E-state index in [1.165, 1.54) is 24.1 Å². The summed E-state index contributed by atoms with van der Waals surface area (Å²) >= 11 is 0. The van der Waals surface area contributed by atoms with Crippen molar-refractivity contribution in [3.05, 3.63) is 53.9 Å². The Morgan fingerprint density at radius 2 is 2.06 bits per heavy atom. The minimum atomic E-state index is 0.325. The van der Waals surface area contributed by atoms with Gasteiger partial charge in [0, 0.05) is 17.8 Å². The quantitative estimate of drug-likeness (QED) is 0.893. The second-order valence-electron chi connectivity index (χ2n) is 4.88. The fraction of sp³-hybridized carbons (Fsp3) is 0.400. The van der Waals surface area contributed by atoms with Gasteiger partial charge in [0.25, 0.3) is 0 Å². The Morgan fingerprint density at radius 1 is 1.17 bits per heavy atom. The van der Waals surface area contributed by atoms with E-state index in [9.17, 15) is 0 Å². The van der Waals surface area contributed by atoms with Crippen molar-refractivity contribution in [1.29, 1.82) is 0 Å². The first kappa shape index (κ1) is 11.5. The first-order chi connectivity index (χ1) is 8.93. The van der Waals surface area contributed by atoms with Gasteiger partial charge in [-0.25, -0.2) is 0 Å². The van der Waals surface area contributed by atoms with Crippen molar-refractivity contribution in [2.24, 2.45) is 0 Å². The van der Waals surface area contributed by atoms with Crippen LogP contribution in [0.2, 0.25) is 0 Å². The number of nitrogens with zero attached hydrogens (tertiary/aromatic N) is 1. The maximum atomic E-state index is 6.08. The van der Waals surface area contributed by atoms with Gasteiger partial charge in [0.1, 0.15) is 0 Å². The lowest BCUT2D eigenvalue weighted by atomic mass is 10.0. The Bertz CT molecular complexity index is 467. The van der Waals surface area contributed by atoms with Crippen LogP contribution in [0.1, 0.15) is 36.4 Å². The molecule has 0 radical (unpaired) electrons. The third kappa shape index (κ3) is 2.46. The summed E-state index contributed by atoms with van der Waals surface area (Å²) in [5, 5.41) is 7.12. The predicted molar refractivity (Wildman–Crippen MR) is 70.2 cm³/mol. The highest BCUT2D eigenvalue weighted by Crippen LogP contribution is 2.35. The van der Waals surface area contributed by atoms with Gasteiger partial charge in [0.15, 0.2) is 0 Å². The minimum absolute atomic E-state index is 0.325. The number of rotatable bonds is 4. The summed E-state index contributed by atoms with van der Waals surface area (Å²) in [6.07, 6.45) is 5.73. The van der Waals surface area contributed by atoms with Crippen LogP contribution in [0.25, 0.3) is 0 Å².